The number of hydrogen-bond acceptors (Lipinski definition) is 3. The molecule has 2 N–H and O–H groups in total. The molecule has 2 heterocycles. The van der Waals surface area contributed by atoms with Gasteiger partial charge in [0.2, 0.25) is 0 Å². The number of carbonyl (C=O) groups excluding carboxylic acids is 1. The fourth-order valence-electron chi connectivity index (χ4n) is 2.25. The first-order chi connectivity index (χ1) is 10.6. The lowest BCUT2D eigenvalue weighted by Gasteiger charge is -2.07. The third kappa shape index (κ3) is 2.74. The lowest BCUT2D eigenvalue weighted by Crippen LogP contribution is -2.14. The van der Waals surface area contributed by atoms with E-state index < -0.39 is 0 Å². The van der Waals surface area contributed by atoms with Crippen LogP contribution in [0.4, 0.5) is 5.82 Å². The Hall–Kier alpha value is -2.95. The van der Waals surface area contributed by atoms with Gasteiger partial charge in [0, 0.05) is 29.6 Å². The summed E-state index contributed by atoms with van der Waals surface area (Å²) < 4.78 is 0. The normalized spacial score (nSPS) is 10.5. The fourth-order valence-corrected chi connectivity index (χ4v) is 2.25. The number of rotatable bonds is 3. The molecule has 0 fully saturated rings. The van der Waals surface area contributed by atoms with E-state index in [0.29, 0.717) is 11.4 Å². The van der Waals surface area contributed by atoms with Gasteiger partial charge in [0.1, 0.15) is 0 Å². The second-order valence-corrected chi connectivity index (χ2v) is 5.10. The maximum atomic E-state index is 12.4. The highest BCUT2D eigenvalue weighted by molar-refractivity contribution is 6.05. The molecule has 0 aliphatic carbocycles. The summed E-state index contributed by atoms with van der Waals surface area (Å²) in [5.74, 6) is 0.340. The molecule has 2 aromatic heterocycles. The Morgan fingerprint density at radius 3 is 2.68 bits per heavy atom. The Labute approximate surface area is 128 Å². The van der Waals surface area contributed by atoms with Crippen molar-refractivity contribution in [2.45, 2.75) is 13.8 Å². The van der Waals surface area contributed by atoms with Crippen LogP contribution >= 0.6 is 0 Å². The van der Waals surface area contributed by atoms with Crippen LogP contribution < -0.4 is 5.32 Å². The first kappa shape index (κ1) is 14.0. The minimum atomic E-state index is -0.158. The van der Waals surface area contributed by atoms with Gasteiger partial charge in [-0.25, -0.2) is 0 Å². The summed E-state index contributed by atoms with van der Waals surface area (Å²) in [5.41, 5.74) is 4.53. The van der Waals surface area contributed by atoms with Crippen LogP contribution in [0, 0.1) is 13.8 Å². The van der Waals surface area contributed by atoms with Crippen LogP contribution in [0.1, 0.15) is 21.5 Å². The predicted molar refractivity (Wildman–Crippen MR) is 85.7 cm³/mol. The number of nitrogens with zero attached hydrogens (tertiary/aromatic N) is 2. The fraction of sp³-hybridized carbons (Fsp3) is 0.118. The third-order valence-electron chi connectivity index (χ3n) is 3.66. The Balaban J connectivity index is 1.81. The largest absolute Gasteiger partial charge is 0.305 e. The molecule has 0 aliphatic heterocycles. The predicted octanol–water partition coefficient (Wildman–Crippen LogP) is 3.34. The first-order valence-electron chi connectivity index (χ1n) is 6.98. The van der Waals surface area contributed by atoms with E-state index in [1.807, 2.05) is 44.2 Å². The monoisotopic (exact) mass is 292 g/mol. The van der Waals surface area contributed by atoms with E-state index in [1.165, 1.54) is 0 Å². The molecule has 1 amide bonds. The molecule has 1 aromatic carbocycles. The molecule has 22 heavy (non-hydrogen) atoms. The molecule has 0 spiro atoms. The molecule has 0 bridgehead atoms. The van der Waals surface area contributed by atoms with E-state index in [1.54, 1.807) is 18.5 Å². The molecule has 5 nitrogen and oxygen atoms in total. The number of anilines is 1. The molecule has 0 saturated heterocycles. The number of pyridine rings is 1. The number of amides is 1. The number of hydrogen-bond donors (Lipinski definition) is 2. The minimum absolute atomic E-state index is 0.158. The minimum Gasteiger partial charge on any atom is -0.305 e. The summed E-state index contributed by atoms with van der Waals surface area (Å²) in [6, 6.07) is 11.2. The van der Waals surface area contributed by atoms with Crippen LogP contribution in [0.15, 0.2) is 48.8 Å². The Kier molecular flexibility index (Phi) is 3.70. The highest BCUT2D eigenvalue weighted by Crippen LogP contribution is 2.20. The number of aromatic nitrogens is 3. The first-order valence-corrected chi connectivity index (χ1v) is 6.98. The van der Waals surface area contributed by atoms with Crippen LogP contribution in [0.5, 0.6) is 0 Å². The van der Waals surface area contributed by atoms with E-state index in [9.17, 15) is 4.79 Å². The van der Waals surface area contributed by atoms with Crippen LogP contribution in [-0.2, 0) is 0 Å². The quantitative estimate of drug-likeness (QED) is 0.777. The number of nitrogens with one attached hydrogen (secondary N) is 2. The SMILES string of the molecule is Cc1cccc(C(=O)Nc2cc(-c3ccncc3)[nH]n2)c1C. The molecule has 110 valence electrons. The van der Waals surface area contributed by atoms with Gasteiger partial charge in [-0.1, -0.05) is 12.1 Å². The second-order valence-electron chi connectivity index (χ2n) is 5.10. The van der Waals surface area contributed by atoms with Crippen LogP contribution in [0.25, 0.3) is 11.3 Å². The van der Waals surface area contributed by atoms with Gasteiger partial charge in [0.05, 0.1) is 5.69 Å². The van der Waals surface area contributed by atoms with Crippen molar-refractivity contribution in [3.8, 4) is 11.3 Å². The molecule has 0 atom stereocenters. The molecule has 5 heteroatoms. The van der Waals surface area contributed by atoms with Crippen LogP contribution in [0.2, 0.25) is 0 Å². The van der Waals surface area contributed by atoms with Gasteiger partial charge in [0.15, 0.2) is 5.82 Å². The number of benzene rings is 1. The third-order valence-corrected chi connectivity index (χ3v) is 3.66. The summed E-state index contributed by atoms with van der Waals surface area (Å²) in [6.07, 6.45) is 3.43. The summed E-state index contributed by atoms with van der Waals surface area (Å²) in [5, 5.41) is 9.86. The van der Waals surface area contributed by atoms with Crippen molar-refractivity contribution in [1.82, 2.24) is 15.2 Å². The smallest absolute Gasteiger partial charge is 0.257 e. The van der Waals surface area contributed by atoms with Crippen molar-refractivity contribution < 1.29 is 4.79 Å². The average Bonchev–Trinajstić information content (AvgIpc) is 2.99. The van der Waals surface area contributed by atoms with Crippen LogP contribution in [-0.4, -0.2) is 21.1 Å². The van der Waals surface area contributed by atoms with Gasteiger partial charge in [0.25, 0.3) is 5.91 Å². The Bertz CT molecular complexity index is 809. The molecule has 3 rings (SSSR count). The number of H-pyrrole nitrogens is 1. The zero-order valence-electron chi connectivity index (χ0n) is 12.4. The summed E-state index contributed by atoms with van der Waals surface area (Å²) >= 11 is 0. The van der Waals surface area contributed by atoms with E-state index >= 15 is 0 Å². The topological polar surface area (TPSA) is 70.7 Å². The van der Waals surface area contributed by atoms with Gasteiger partial charge in [-0.15, -0.1) is 0 Å². The van der Waals surface area contributed by atoms with Crippen molar-refractivity contribution in [3.63, 3.8) is 0 Å². The second kappa shape index (κ2) is 5.81. The van der Waals surface area contributed by atoms with Gasteiger partial charge in [-0.2, -0.15) is 5.10 Å². The summed E-state index contributed by atoms with van der Waals surface area (Å²) in [7, 11) is 0. The molecular weight excluding hydrogens is 276 g/mol. The molecule has 0 radical (unpaired) electrons. The van der Waals surface area contributed by atoms with Gasteiger partial charge < -0.3 is 5.32 Å². The van der Waals surface area contributed by atoms with Gasteiger partial charge in [-0.05, 0) is 43.2 Å². The molecule has 0 aliphatic rings. The average molecular weight is 292 g/mol. The van der Waals surface area contributed by atoms with E-state index in [4.69, 9.17) is 0 Å². The van der Waals surface area contributed by atoms with E-state index in [-0.39, 0.29) is 5.91 Å². The molecule has 0 unspecified atom stereocenters. The van der Waals surface area contributed by atoms with Crippen LogP contribution in [0.3, 0.4) is 0 Å². The maximum Gasteiger partial charge on any atom is 0.257 e. The highest BCUT2D eigenvalue weighted by Gasteiger charge is 2.12. The van der Waals surface area contributed by atoms with Crippen molar-refractivity contribution in [2.75, 3.05) is 5.32 Å². The number of carbonyl (C=O) groups is 1. The Morgan fingerprint density at radius 1 is 1.14 bits per heavy atom. The lowest BCUT2D eigenvalue weighted by atomic mass is 10.0. The summed E-state index contributed by atoms with van der Waals surface area (Å²) in [4.78, 5) is 16.3. The van der Waals surface area contributed by atoms with E-state index in [2.05, 4.69) is 20.5 Å². The van der Waals surface area contributed by atoms with Gasteiger partial charge >= 0.3 is 0 Å². The highest BCUT2D eigenvalue weighted by atomic mass is 16.1. The number of aryl methyl sites for hydroxylation is 1. The molecular formula is C17H16N4O. The number of aromatic amines is 1. The van der Waals surface area contributed by atoms with Crippen molar-refractivity contribution in [1.29, 1.82) is 0 Å². The van der Waals surface area contributed by atoms with Crippen molar-refractivity contribution in [2.24, 2.45) is 0 Å². The lowest BCUT2D eigenvalue weighted by molar-refractivity contribution is 0.102. The van der Waals surface area contributed by atoms with E-state index in [0.717, 1.165) is 22.4 Å². The van der Waals surface area contributed by atoms with Gasteiger partial charge in [-0.3, -0.25) is 14.9 Å². The zero-order valence-corrected chi connectivity index (χ0v) is 12.4. The van der Waals surface area contributed by atoms with Crippen molar-refractivity contribution in [3.05, 3.63) is 65.5 Å². The maximum absolute atomic E-state index is 12.4. The Morgan fingerprint density at radius 2 is 1.91 bits per heavy atom. The standard InChI is InChI=1S/C17H16N4O/c1-11-4-3-5-14(12(11)2)17(22)19-16-10-15(20-21-16)13-6-8-18-9-7-13/h3-10H,1-2H3,(H2,19,20,21,22). The molecule has 0 saturated carbocycles. The van der Waals surface area contributed by atoms with Crippen molar-refractivity contribution >= 4 is 11.7 Å². The zero-order chi connectivity index (χ0) is 15.5. The summed E-state index contributed by atoms with van der Waals surface area (Å²) in [6.45, 7) is 3.93. The molecule has 3 aromatic rings.